The monoisotopic (exact) mass is 374 g/mol. The van der Waals surface area contributed by atoms with Gasteiger partial charge in [-0.3, -0.25) is 9.59 Å². The molecule has 0 aliphatic carbocycles. The van der Waals surface area contributed by atoms with Crippen molar-refractivity contribution >= 4 is 11.8 Å². The fraction of sp³-hybridized carbons (Fsp3) is 0.300. The van der Waals surface area contributed by atoms with E-state index >= 15 is 0 Å². The van der Waals surface area contributed by atoms with Gasteiger partial charge in [-0.2, -0.15) is 0 Å². The van der Waals surface area contributed by atoms with Crippen LogP contribution >= 0.6 is 0 Å². The molecule has 1 aliphatic rings. The normalized spacial score (nSPS) is 14.6. The number of nitrogens with zero attached hydrogens (tertiary/aromatic N) is 2. The molecular formula is C20H20F2N2O3. The number of carbonyl (C=O) groups excluding carboxylic acids is 2. The van der Waals surface area contributed by atoms with E-state index in [-0.39, 0.29) is 30.1 Å². The number of benzene rings is 2. The smallest absolute Gasteiger partial charge is 0.260 e. The van der Waals surface area contributed by atoms with Crippen LogP contribution in [-0.4, -0.2) is 54.4 Å². The van der Waals surface area contributed by atoms with Crippen LogP contribution in [0.25, 0.3) is 0 Å². The van der Waals surface area contributed by atoms with Crippen LogP contribution in [0.3, 0.4) is 0 Å². The number of rotatable bonds is 4. The lowest BCUT2D eigenvalue weighted by Crippen LogP contribution is -2.39. The van der Waals surface area contributed by atoms with Gasteiger partial charge < -0.3 is 14.5 Å². The minimum Gasteiger partial charge on any atom is -0.484 e. The Kier molecular flexibility index (Phi) is 6.01. The Morgan fingerprint density at radius 3 is 2.04 bits per heavy atom. The van der Waals surface area contributed by atoms with Crippen molar-refractivity contribution in [1.29, 1.82) is 0 Å². The van der Waals surface area contributed by atoms with Crippen LogP contribution in [0.5, 0.6) is 5.75 Å². The predicted molar refractivity (Wildman–Crippen MR) is 95.4 cm³/mol. The molecular weight excluding hydrogens is 354 g/mol. The number of amides is 2. The third-order valence-corrected chi connectivity index (χ3v) is 4.40. The van der Waals surface area contributed by atoms with Gasteiger partial charge >= 0.3 is 0 Å². The summed E-state index contributed by atoms with van der Waals surface area (Å²) < 4.78 is 31.3. The molecule has 27 heavy (non-hydrogen) atoms. The Balaban J connectivity index is 1.52. The van der Waals surface area contributed by atoms with E-state index in [1.807, 2.05) is 0 Å². The molecule has 0 N–H and O–H groups in total. The van der Waals surface area contributed by atoms with Crippen LogP contribution in [0.1, 0.15) is 16.8 Å². The summed E-state index contributed by atoms with van der Waals surface area (Å²) >= 11 is 0. The first-order valence-electron chi connectivity index (χ1n) is 8.74. The quantitative estimate of drug-likeness (QED) is 0.827. The first kappa shape index (κ1) is 18.8. The van der Waals surface area contributed by atoms with Gasteiger partial charge in [0.15, 0.2) is 6.61 Å². The molecule has 1 heterocycles. The first-order chi connectivity index (χ1) is 13.0. The second kappa shape index (κ2) is 8.62. The Hall–Kier alpha value is -2.96. The molecule has 2 aromatic carbocycles. The van der Waals surface area contributed by atoms with Crippen molar-refractivity contribution in [1.82, 2.24) is 9.80 Å². The second-order valence-corrected chi connectivity index (χ2v) is 6.28. The molecule has 2 amide bonds. The van der Waals surface area contributed by atoms with Gasteiger partial charge in [0.2, 0.25) is 0 Å². The Bertz CT molecular complexity index is 794. The van der Waals surface area contributed by atoms with Crippen LogP contribution in [0.15, 0.2) is 48.5 Å². The molecule has 1 fully saturated rings. The summed E-state index contributed by atoms with van der Waals surface area (Å²) in [5.74, 6) is -0.692. The van der Waals surface area contributed by atoms with Crippen molar-refractivity contribution in [2.24, 2.45) is 0 Å². The molecule has 0 unspecified atom stereocenters. The lowest BCUT2D eigenvalue weighted by atomic mass is 10.2. The molecule has 0 radical (unpaired) electrons. The highest BCUT2D eigenvalue weighted by Crippen LogP contribution is 2.13. The lowest BCUT2D eigenvalue weighted by Gasteiger charge is -2.22. The highest BCUT2D eigenvalue weighted by atomic mass is 19.1. The van der Waals surface area contributed by atoms with Gasteiger partial charge in [0.1, 0.15) is 17.4 Å². The van der Waals surface area contributed by atoms with Gasteiger partial charge in [-0.1, -0.05) is 0 Å². The molecule has 0 atom stereocenters. The van der Waals surface area contributed by atoms with E-state index in [9.17, 15) is 18.4 Å². The Morgan fingerprint density at radius 1 is 0.815 bits per heavy atom. The zero-order chi connectivity index (χ0) is 19.2. The molecule has 1 aliphatic heterocycles. The third kappa shape index (κ3) is 5.03. The minimum absolute atomic E-state index is 0.141. The zero-order valence-corrected chi connectivity index (χ0v) is 14.7. The number of hydrogen-bond donors (Lipinski definition) is 0. The molecule has 0 aromatic heterocycles. The molecule has 5 nitrogen and oxygen atoms in total. The molecule has 0 saturated carbocycles. The average molecular weight is 374 g/mol. The summed E-state index contributed by atoms with van der Waals surface area (Å²) in [6.07, 6.45) is 0.648. The topological polar surface area (TPSA) is 49.9 Å². The van der Waals surface area contributed by atoms with Gasteiger partial charge in [-0.25, -0.2) is 8.78 Å². The second-order valence-electron chi connectivity index (χ2n) is 6.28. The largest absolute Gasteiger partial charge is 0.484 e. The Morgan fingerprint density at radius 2 is 1.37 bits per heavy atom. The van der Waals surface area contributed by atoms with Crippen LogP contribution in [0.2, 0.25) is 0 Å². The van der Waals surface area contributed by atoms with Crippen LogP contribution in [-0.2, 0) is 4.79 Å². The van der Waals surface area contributed by atoms with Crippen molar-refractivity contribution in [3.8, 4) is 5.75 Å². The fourth-order valence-electron chi connectivity index (χ4n) is 2.91. The van der Waals surface area contributed by atoms with Gasteiger partial charge in [-0.05, 0) is 55.0 Å². The van der Waals surface area contributed by atoms with Crippen LogP contribution in [0, 0.1) is 11.6 Å². The summed E-state index contributed by atoms with van der Waals surface area (Å²) in [7, 11) is 0. The molecule has 1 saturated heterocycles. The number of ether oxygens (including phenoxy) is 1. The van der Waals surface area contributed by atoms with E-state index in [0.29, 0.717) is 43.9 Å². The van der Waals surface area contributed by atoms with Gasteiger partial charge in [0, 0.05) is 31.7 Å². The molecule has 0 spiro atoms. The van der Waals surface area contributed by atoms with E-state index in [1.54, 1.807) is 9.80 Å². The van der Waals surface area contributed by atoms with E-state index in [4.69, 9.17) is 4.74 Å². The van der Waals surface area contributed by atoms with E-state index in [1.165, 1.54) is 48.5 Å². The van der Waals surface area contributed by atoms with Crippen molar-refractivity contribution in [2.45, 2.75) is 6.42 Å². The molecule has 142 valence electrons. The zero-order valence-electron chi connectivity index (χ0n) is 14.7. The molecule has 2 aromatic rings. The fourth-order valence-corrected chi connectivity index (χ4v) is 2.91. The van der Waals surface area contributed by atoms with Crippen molar-refractivity contribution in [3.63, 3.8) is 0 Å². The maximum absolute atomic E-state index is 13.0. The maximum atomic E-state index is 13.0. The molecule has 3 rings (SSSR count). The van der Waals surface area contributed by atoms with E-state index < -0.39 is 0 Å². The van der Waals surface area contributed by atoms with Crippen LogP contribution < -0.4 is 4.74 Å². The summed E-state index contributed by atoms with van der Waals surface area (Å²) in [5.41, 5.74) is 0.427. The summed E-state index contributed by atoms with van der Waals surface area (Å²) in [6, 6.07) is 10.9. The molecule has 0 bridgehead atoms. The number of hydrogen-bond acceptors (Lipinski definition) is 3. The highest BCUT2D eigenvalue weighted by Gasteiger charge is 2.23. The van der Waals surface area contributed by atoms with E-state index in [2.05, 4.69) is 0 Å². The standard InChI is InChI=1S/C20H20F2N2O3/c21-16-4-2-15(3-5-16)20(26)24-11-1-10-23(12-13-24)19(25)14-27-18-8-6-17(22)7-9-18/h2-9H,1,10-14H2. The van der Waals surface area contributed by atoms with Crippen molar-refractivity contribution < 1.29 is 23.1 Å². The van der Waals surface area contributed by atoms with Gasteiger partial charge in [-0.15, -0.1) is 0 Å². The lowest BCUT2D eigenvalue weighted by molar-refractivity contribution is -0.133. The molecule has 7 heteroatoms. The SMILES string of the molecule is O=C(COc1ccc(F)cc1)N1CCCN(C(=O)c2ccc(F)cc2)CC1. The number of carbonyl (C=O) groups is 2. The summed E-state index contributed by atoms with van der Waals surface area (Å²) in [6.45, 7) is 1.71. The highest BCUT2D eigenvalue weighted by molar-refractivity contribution is 5.94. The first-order valence-corrected chi connectivity index (χ1v) is 8.74. The van der Waals surface area contributed by atoms with Crippen LogP contribution in [0.4, 0.5) is 8.78 Å². The average Bonchev–Trinajstić information content (AvgIpc) is 2.94. The van der Waals surface area contributed by atoms with E-state index in [0.717, 1.165) is 0 Å². The maximum Gasteiger partial charge on any atom is 0.260 e. The van der Waals surface area contributed by atoms with Gasteiger partial charge in [0.25, 0.3) is 11.8 Å². The summed E-state index contributed by atoms with van der Waals surface area (Å²) in [4.78, 5) is 28.2. The van der Waals surface area contributed by atoms with Crippen molar-refractivity contribution in [3.05, 3.63) is 65.7 Å². The predicted octanol–water partition coefficient (Wildman–Crippen LogP) is 2.72. The third-order valence-electron chi connectivity index (χ3n) is 4.40. The summed E-state index contributed by atoms with van der Waals surface area (Å²) in [5, 5.41) is 0. The van der Waals surface area contributed by atoms with Gasteiger partial charge in [0.05, 0.1) is 0 Å². The minimum atomic E-state index is -0.389. The number of halogens is 2. The Labute approximate surface area is 156 Å². The van der Waals surface area contributed by atoms with Crippen molar-refractivity contribution in [2.75, 3.05) is 32.8 Å².